The number of hydrogen-bond acceptors (Lipinski definition) is 4. The number of carbonyl (C=O) groups is 1. The van der Waals surface area contributed by atoms with Crippen LogP contribution in [0, 0.1) is 6.92 Å². The molecular weight excluding hydrogens is 294 g/mol. The van der Waals surface area contributed by atoms with Crippen molar-refractivity contribution in [1.82, 2.24) is 15.1 Å². The van der Waals surface area contributed by atoms with Crippen LogP contribution < -0.4 is 14.8 Å². The van der Waals surface area contributed by atoms with E-state index in [0.717, 1.165) is 17.7 Å². The lowest BCUT2D eigenvalue weighted by atomic mass is 10.1. The first-order valence-corrected chi connectivity index (χ1v) is 7.75. The highest BCUT2D eigenvalue weighted by Crippen LogP contribution is 2.30. The maximum atomic E-state index is 12.5. The molecule has 3 rings (SSSR count). The number of aromatic nitrogens is 2. The van der Waals surface area contributed by atoms with E-state index in [1.807, 2.05) is 27.1 Å². The van der Waals surface area contributed by atoms with Gasteiger partial charge in [-0.2, -0.15) is 5.10 Å². The summed E-state index contributed by atoms with van der Waals surface area (Å²) in [6, 6.07) is 5.16. The molecule has 1 unspecified atom stereocenters. The second-order valence-corrected chi connectivity index (χ2v) is 5.75. The number of fused-ring (bicyclic) bond motifs is 1. The number of nitrogens with one attached hydrogen (secondary N) is 1. The SMILES string of the molecule is Cc1nn(C)cc1C(C)NC(=O)c1ccc2c(c1)OCCCO2. The number of nitrogens with zero attached hydrogens (tertiary/aromatic N) is 2. The molecule has 2 heterocycles. The molecule has 0 saturated heterocycles. The van der Waals surface area contributed by atoms with E-state index in [1.54, 1.807) is 22.9 Å². The highest BCUT2D eigenvalue weighted by molar-refractivity contribution is 5.95. The molecule has 1 amide bonds. The van der Waals surface area contributed by atoms with Gasteiger partial charge in [0.05, 0.1) is 24.9 Å². The molecule has 2 aromatic rings. The van der Waals surface area contributed by atoms with Gasteiger partial charge < -0.3 is 14.8 Å². The third-order valence-electron chi connectivity index (χ3n) is 3.88. The molecule has 1 aromatic carbocycles. The summed E-state index contributed by atoms with van der Waals surface area (Å²) in [7, 11) is 1.87. The summed E-state index contributed by atoms with van der Waals surface area (Å²) in [5.41, 5.74) is 2.48. The van der Waals surface area contributed by atoms with Gasteiger partial charge in [0.2, 0.25) is 0 Å². The van der Waals surface area contributed by atoms with Crippen molar-refractivity contribution in [3.05, 3.63) is 41.2 Å². The van der Waals surface area contributed by atoms with Crippen LogP contribution >= 0.6 is 0 Å². The number of benzene rings is 1. The highest BCUT2D eigenvalue weighted by Gasteiger charge is 2.18. The fraction of sp³-hybridized carbons (Fsp3) is 0.412. The average molecular weight is 315 g/mol. The van der Waals surface area contributed by atoms with Crippen molar-refractivity contribution in [3.63, 3.8) is 0 Å². The maximum absolute atomic E-state index is 12.5. The average Bonchev–Trinajstić information content (AvgIpc) is 2.73. The molecular formula is C17H21N3O3. The Hall–Kier alpha value is -2.50. The van der Waals surface area contributed by atoms with Gasteiger partial charge in [0.15, 0.2) is 11.5 Å². The molecule has 0 radical (unpaired) electrons. The quantitative estimate of drug-likeness (QED) is 0.944. The zero-order valence-electron chi connectivity index (χ0n) is 13.6. The smallest absolute Gasteiger partial charge is 0.251 e. The topological polar surface area (TPSA) is 65.4 Å². The van der Waals surface area contributed by atoms with E-state index in [2.05, 4.69) is 10.4 Å². The Kier molecular flexibility index (Phi) is 4.23. The van der Waals surface area contributed by atoms with Gasteiger partial charge in [-0.1, -0.05) is 0 Å². The van der Waals surface area contributed by atoms with Gasteiger partial charge in [0.1, 0.15) is 0 Å². The van der Waals surface area contributed by atoms with Crippen molar-refractivity contribution in [2.45, 2.75) is 26.3 Å². The van der Waals surface area contributed by atoms with Gasteiger partial charge in [-0.25, -0.2) is 0 Å². The lowest BCUT2D eigenvalue weighted by Crippen LogP contribution is -2.26. The number of carbonyl (C=O) groups excluding carboxylic acids is 1. The molecule has 1 aliphatic heterocycles. The largest absolute Gasteiger partial charge is 0.490 e. The van der Waals surface area contributed by atoms with Crippen molar-refractivity contribution in [2.75, 3.05) is 13.2 Å². The molecule has 6 heteroatoms. The molecule has 23 heavy (non-hydrogen) atoms. The molecule has 1 aliphatic rings. The second kappa shape index (κ2) is 6.32. The summed E-state index contributed by atoms with van der Waals surface area (Å²) in [6.45, 7) is 5.12. The Balaban J connectivity index is 1.75. The maximum Gasteiger partial charge on any atom is 0.251 e. The van der Waals surface area contributed by atoms with Gasteiger partial charge >= 0.3 is 0 Å². The van der Waals surface area contributed by atoms with E-state index in [9.17, 15) is 4.79 Å². The van der Waals surface area contributed by atoms with Crippen LogP contribution in [0.25, 0.3) is 0 Å². The lowest BCUT2D eigenvalue weighted by molar-refractivity contribution is 0.0939. The van der Waals surface area contributed by atoms with Crippen molar-refractivity contribution in [3.8, 4) is 11.5 Å². The van der Waals surface area contributed by atoms with Crippen molar-refractivity contribution >= 4 is 5.91 Å². The molecule has 1 aromatic heterocycles. The molecule has 0 bridgehead atoms. The predicted octanol–water partition coefficient (Wildman–Crippen LogP) is 2.38. The minimum atomic E-state index is -0.142. The van der Waals surface area contributed by atoms with Crippen LogP contribution in [0.5, 0.6) is 11.5 Å². The zero-order valence-corrected chi connectivity index (χ0v) is 13.6. The van der Waals surface area contributed by atoms with Crippen LogP contribution in [0.1, 0.15) is 41.0 Å². The number of aryl methyl sites for hydroxylation is 2. The van der Waals surface area contributed by atoms with Crippen LogP contribution in [0.2, 0.25) is 0 Å². The standard InChI is InChI=1S/C17H21N3O3/c1-11(14-10-20(3)19-12(14)2)18-17(21)13-5-6-15-16(9-13)23-8-4-7-22-15/h5-6,9-11H,4,7-8H2,1-3H3,(H,18,21). The van der Waals surface area contributed by atoms with Gasteiger partial charge in [-0.3, -0.25) is 9.48 Å². The first kappa shape index (κ1) is 15.4. The lowest BCUT2D eigenvalue weighted by Gasteiger charge is -2.14. The Morgan fingerprint density at radius 3 is 2.74 bits per heavy atom. The molecule has 122 valence electrons. The van der Waals surface area contributed by atoms with Gasteiger partial charge in [0, 0.05) is 30.8 Å². The van der Waals surface area contributed by atoms with E-state index in [4.69, 9.17) is 9.47 Å². The molecule has 6 nitrogen and oxygen atoms in total. The van der Waals surface area contributed by atoms with E-state index in [1.165, 1.54) is 0 Å². The molecule has 0 fully saturated rings. The molecule has 0 saturated carbocycles. The van der Waals surface area contributed by atoms with E-state index < -0.39 is 0 Å². The van der Waals surface area contributed by atoms with Crippen molar-refractivity contribution < 1.29 is 14.3 Å². The van der Waals surface area contributed by atoms with Gasteiger partial charge in [0.25, 0.3) is 5.91 Å². The Morgan fingerprint density at radius 1 is 1.30 bits per heavy atom. The summed E-state index contributed by atoms with van der Waals surface area (Å²) >= 11 is 0. The van der Waals surface area contributed by atoms with Crippen LogP contribution in [-0.4, -0.2) is 28.9 Å². The predicted molar refractivity (Wildman–Crippen MR) is 85.9 cm³/mol. The number of hydrogen-bond donors (Lipinski definition) is 1. The fourth-order valence-corrected chi connectivity index (χ4v) is 2.71. The summed E-state index contributed by atoms with van der Waals surface area (Å²) in [5.74, 6) is 1.17. The van der Waals surface area contributed by atoms with Gasteiger partial charge in [-0.15, -0.1) is 0 Å². The van der Waals surface area contributed by atoms with Crippen molar-refractivity contribution in [2.24, 2.45) is 7.05 Å². The zero-order chi connectivity index (χ0) is 16.4. The van der Waals surface area contributed by atoms with E-state index in [0.29, 0.717) is 30.3 Å². The minimum Gasteiger partial charge on any atom is -0.490 e. The Bertz CT molecular complexity index is 724. The first-order chi connectivity index (χ1) is 11.0. The Labute approximate surface area is 135 Å². The highest BCUT2D eigenvalue weighted by atomic mass is 16.5. The molecule has 1 atom stereocenters. The number of rotatable bonds is 3. The summed E-state index contributed by atoms with van der Waals surface area (Å²) < 4.78 is 13.0. The summed E-state index contributed by atoms with van der Waals surface area (Å²) in [4.78, 5) is 12.5. The van der Waals surface area contributed by atoms with Crippen LogP contribution in [-0.2, 0) is 7.05 Å². The molecule has 0 aliphatic carbocycles. The summed E-state index contributed by atoms with van der Waals surface area (Å²) in [5, 5.41) is 7.31. The van der Waals surface area contributed by atoms with Crippen LogP contribution in [0.4, 0.5) is 0 Å². The third-order valence-corrected chi connectivity index (χ3v) is 3.88. The first-order valence-electron chi connectivity index (χ1n) is 7.75. The van der Waals surface area contributed by atoms with Crippen molar-refractivity contribution in [1.29, 1.82) is 0 Å². The second-order valence-electron chi connectivity index (χ2n) is 5.75. The normalized spacial score (nSPS) is 14.9. The monoisotopic (exact) mass is 315 g/mol. The number of amides is 1. The van der Waals surface area contributed by atoms with E-state index in [-0.39, 0.29) is 11.9 Å². The molecule has 1 N–H and O–H groups in total. The fourth-order valence-electron chi connectivity index (χ4n) is 2.71. The summed E-state index contributed by atoms with van der Waals surface area (Å²) in [6.07, 6.45) is 2.77. The minimum absolute atomic E-state index is 0.118. The van der Waals surface area contributed by atoms with Crippen LogP contribution in [0.3, 0.4) is 0 Å². The number of ether oxygens (including phenoxy) is 2. The Morgan fingerprint density at radius 2 is 2.04 bits per heavy atom. The van der Waals surface area contributed by atoms with Crippen LogP contribution in [0.15, 0.2) is 24.4 Å². The third kappa shape index (κ3) is 3.31. The van der Waals surface area contributed by atoms with E-state index >= 15 is 0 Å². The van der Waals surface area contributed by atoms with Gasteiger partial charge in [-0.05, 0) is 32.0 Å². The molecule has 0 spiro atoms.